The lowest BCUT2D eigenvalue weighted by Crippen LogP contribution is -2.75. The Kier molecular flexibility index (Phi) is 8.43. The van der Waals surface area contributed by atoms with Gasteiger partial charge in [-0.3, -0.25) is 0 Å². The summed E-state index contributed by atoms with van der Waals surface area (Å²) in [6, 6.07) is 48.2. The van der Waals surface area contributed by atoms with Gasteiger partial charge in [0.25, 0.3) is 0 Å². The first-order chi connectivity index (χ1) is 24.8. The Labute approximate surface area is 335 Å². The molecular weight excluding hydrogens is 788 g/mol. The summed E-state index contributed by atoms with van der Waals surface area (Å²) in [6.07, 6.45) is 0. The molecule has 53 heavy (non-hydrogen) atoms. The van der Waals surface area contributed by atoms with Gasteiger partial charge in [0.15, 0.2) is 8.07 Å². The van der Waals surface area contributed by atoms with E-state index in [0.29, 0.717) is 0 Å². The highest BCUT2D eigenvalue weighted by molar-refractivity contribution is 9.10. The SMILES string of the molecule is CC(C)(C)c1ccc([Si](c2ccc(C(C)(C)C)cc2)(c2ccc3c(c2)C(C)(C)c2cc(Br)ccc2-3)c2ccc3c(c2)C(C)(C)c2cc(Br)ccc2-3)cc1. The molecule has 0 atom stereocenters. The molecule has 8 rings (SSSR count). The molecule has 0 amide bonds. The van der Waals surface area contributed by atoms with E-state index in [1.807, 2.05) is 0 Å². The van der Waals surface area contributed by atoms with E-state index in [0.717, 1.165) is 8.95 Å². The molecule has 0 aliphatic heterocycles. The van der Waals surface area contributed by atoms with Gasteiger partial charge in [0.05, 0.1) is 0 Å². The molecule has 0 saturated carbocycles. The Hall–Kier alpha value is -3.50. The van der Waals surface area contributed by atoms with Crippen LogP contribution in [-0.2, 0) is 21.7 Å². The first-order valence-electron chi connectivity index (χ1n) is 19.0. The molecular formula is C50H50Br2Si. The third-order valence-corrected chi connectivity index (χ3v) is 18.2. The van der Waals surface area contributed by atoms with Crippen molar-refractivity contribution in [1.29, 1.82) is 0 Å². The minimum absolute atomic E-state index is 0.0619. The Balaban J connectivity index is 1.46. The third-order valence-electron chi connectivity index (χ3n) is 12.5. The van der Waals surface area contributed by atoms with Gasteiger partial charge < -0.3 is 0 Å². The maximum Gasteiger partial charge on any atom is 0.179 e. The highest BCUT2D eigenvalue weighted by Gasteiger charge is 2.46. The number of fused-ring (bicyclic) bond motifs is 6. The molecule has 0 nitrogen and oxygen atoms in total. The van der Waals surface area contributed by atoms with Gasteiger partial charge in [-0.2, -0.15) is 0 Å². The van der Waals surface area contributed by atoms with Crippen LogP contribution in [0.15, 0.2) is 130 Å². The summed E-state index contributed by atoms with van der Waals surface area (Å²) in [6.45, 7) is 23.5. The molecule has 268 valence electrons. The van der Waals surface area contributed by atoms with Gasteiger partial charge in [-0.1, -0.05) is 198 Å². The van der Waals surface area contributed by atoms with E-state index in [4.69, 9.17) is 0 Å². The molecule has 6 aromatic rings. The Morgan fingerprint density at radius 2 is 0.660 bits per heavy atom. The molecule has 0 bridgehead atoms. The summed E-state index contributed by atoms with van der Waals surface area (Å²) >= 11 is 7.58. The van der Waals surface area contributed by atoms with E-state index in [-0.39, 0.29) is 21.7 Å². The monoisotopic (exact) mass is 836 g/mol. The second kappa shape index (κ2) is 12.3. The van der Waals surface area contributed by atoms with Gasteiger partial charge in [-0.05, 0) is 111 Å². The lowest BCUT2D eigenvalue weighted by molar-refractivity contribution is 0.590. The standard InChI is InChI=1S/C50H50Br2Si/c1-47(2,3)31-11-17-35(18-12-31)53(36-19-13-32(14-20-36)48(4,5)6,37-21-25-41-39-23-15-33(51)27-43(39)49(7,8)45(41)29-37)38-22-26-42-40-24-16-34(52)28-44(40)50(9,10)46(42)30-38/h11-30H,1-10H3. The lowest BCUT2D eigenvalue weighted by atomic mass is 9.82. The van der Waals surface area contributed by atoms with Gasteiger partial charge in [0.2, 0.25) is 0 Å². The first-order valence-corrected chi connectivity index (χ1v) is 22.6. The van der Waals surface area contributed by atoms with Crippen LogP contribution >= 0.6 is 31.9 Å². The van der Waals surface area contributed by atoms with E-state index >= 15 is 0 Å². The van der Waals surface area contributed by atoms with Crippen molar-refractivity contribution in [2.75, 3.05) is 0 Å². The van der Waals surface area contributed by atoms with E-state index in [9.17, 15) is 0 Å². The zero-order valence-electron chi connectivity index (χ0n) is 32.8. The smallest absolute Gasteiger partial charge is 0.0616 e. The van der Waals surface area contributed by atoms with Crippen molar-refractivity contribution in [3.05, 3.63) is 164 Å². The normalized spacial score (nSPS) is 15.5. The van der Waals surface area contributed by atoms with Crippen molar-refractivity contribution in [2.24, 2.45) is 0 Å². The molecule has 0 N–H and O–H groups in total. The number of rotatable bonds is 4. The molecule has 0 spiro atoms. The van der Waals surface area contributed by atoms with Crippen LogP contribution < -0.4 is 20.7 Å². The Morgan fingerprint density at radius 3 is 0.981 bits per heavy atom. The van der Waals surface area contributed by atoms with Crippen LogP contribution in [-0.4, -0.2) is 8.07 Å². The number of benzene rings is 6. The van der Waals surface area contributed by atoms with Crippen molar-refractivity contribution in [2.45, 2.75) is 90.9 Å². The molecule has 0 unspecified atom stereocenters. The van der Waals surface area contributed by atoms with E-state index in [1.54, 1.807) is 0 Å². The minimum Gasteiger partial charge on any atom is -0.0616 e. The van der Waals surface area contributed by atoms with Crippen molar-refractivity contribution < 1.29 is 0 Å². The van der Waals surface area contributed by atoms with Gasteiger partial charge >= 0.3 is 0 Å². The number of hydrogen-bond donors (Lipinski definition) is 0. The van der Waals surface area contributed by atoms with E-state index in [2.05, 4.69) is 222 Å². The molecule has 0 saturated heterocycles. The predicted octanol–water partition coefficient (Wildman–Crippen LogP) is 11.8. The van der Waals surface area contributed by atoms with Crippen LogP contribution in [0.25, 0.3) is 22.3 Å². The van der Waals surface area contributed by atoms with Crippen molar-refractivity contribution >= 4 is 60.7 Å². The van der Waals surface area contributed by atoms with Gasteiger partial charge in [0.1, 0.15) is 0 Å². The fraction of sp³-hybridized carbons (Fsp3) is 0.280. The molecule has 2 aliphatic rings. The van der Waals surface area contributed by atoms with Crippen LogP contribution in [0, 0.1) is 0 Å². The maximum atomic E-state index is 3.79. The van der Waals surface area contributed by atoms with Crippen LogP contribution in [0.5, 0.6) is 0 Å². The van der Waals surface area contributed by atoms with Crippen LogP contribution in [0.4, 0.5) is 0 Å². The summed E-state index contributed by atoms with van der Waals surface area (Å²) in [5.41, 5.74) is 13.6. The summed E-state index contributed by atoms with van der Waals surface area (Å²) in [7, 11) is -2.92. The average molecular weight is 839 g/mol. The fourth-order valence-electron chi connectivity index (χ4n) is 9.33. The molecule has 0 heterocycles. The third kappa shape index (κ3) is 5.63. The second-order valence-corrected chi connectivity index (χ2v) is 24.2. The molecule has 0 fully saturated rings. The lowest BCUT2D eigenvalue weighted by Gasteiger charge is -2.37. The topological polar surface area (TPSA) is 0 Å². The van der Waals surface area contributed by atoms with Gasteiger partial charge in [-0.25, -0.2) is 0 Å². The quantitative estimate of drug-likeness (QED) is 0.123. The van der Waals surface area contributed by atoms with Gasteiger partial charge in [0, 0.05) is 19.8 Å². The Bertz CT molecular complexity index is 2240. The first kappa shape index (κ1) is 36.5. The van der Waals surface area contributed by atoms with E-state index in [1.165, 1.54) is 76.4 Å². The van der Waals surface area contributed by atoms with Crippen molar-refractivity contribution in [3.8, 4) is 22.3 Å². The molecule has 2 aliphatic carbocycles. The van der Waals surface area contributed by atoms with Crippen LogP contribution in [0.3, 0.4) is 0 Å². The van der Waals surface area contributed by atoms with E-state index < -0.39 is 8.07 Å². The highest BCUT2D eigenvalue weighted by Crippen LogP contribution is 2.50. The average Bonchev–Trinajstić information content (AvgIpc) is 3.46. The predicted molar refractivity (Wildman–Crippen MR) is 238 cm³/mol. The highest BCUT2D eigenvalue weighted by atomic mass is 79.9. The minimum atomic E-state index is -2.92. The fourth-order valence-corrected chi connectivity index (χ4v) is 14.8. The zero-order valence-corrected chi connectivity index (χ0v) is 37.0. The molecule has 0 aromatic heterocycles. The van der Waals surface area contributed by atoms with Crippen molar-refractivity contribution in [3.63, 3.8) is 0 Å². The molecule has 6 aromatic carbocycles. The van der Waals surface area contributed by atoms with Crippen LogP contribution in [0.1, 0.15) is 103 Å². The van der Waals surface area contributed by atoms with Crippen LogP contribution in [0.2, 0.25) is 0 Å². The molecule has 0 radical (unpaired) electrons. The largest absolute Gasteiger partial charge is 0.179 e. The Morgan fingerprint density at radius 1 is 0.377 bits per heavy atom. The molecule has 3 heteroatoms. The number of halogens is 2. The second-order valence-electron chi connectivity index (χ2n) is 18.6. The maximum absolute atomic E-state index is 3.79. The summed E-state index contributed by atoms with van der Waals surface area (Å²) < 4.78 is 2.26. The van der Waals surface area contributed by atoms with Gasteiger partial charge in [-0.15, -0.1) is 0 Å². The summed E-state index contributed by atoms with van der Waals surface area (Å²) in [5, 5.41) is 5.69. The number of hydrogen-bond acceptors (Lipinski definition) is 0. The van der Waals surface area contributed by atoms with Crippen molar-refractivity contribution in [1.82, 2.24) is 0 Å². The summed E-state index contributed by atoms with van der Waals surface area (Å²) in [5.74, 6) is 0. The zero-order chi connectivity index (χ0) is 37.9. The summed E-state index contributed by atoms with van der Waals surface area (Å²) in [4.78, 5) is 0.